The highest BCUT2D eigenvalue weighted by Gasteiger charge is 2.24. The van der Waals surface area contributed by atoms with Gasteiger partial charge in [-0.05, 0) is 47.0 Å². The van der Waals surface area contributed by atoms with E-state index in [1.54, 1.807) is 13.0 Å². The number of allylic oxidation sites excluding steroid dienone is 1. The van der Waals surface area contributed by atoms with Crippen molar-refractivity contribution in [2.24, 2.45) is 5.41 Å². The molecule has 0 bridgehead atoms. The van der Waals surface area contributed by atoms with E-state index in [-0.39, 0.29) is 17.0 Å². The summed E-state index contributed by atoms with van der Waals surface area (Å²) >= 11 is 3.18. The van der Waals surface area contributed by atoms with Crippen molar-refractivity contribution in [3.05, 3.63) is 34.1 Å². The number of rotatable bonds is 3. The molecule has 0 fully saturated rings. The van der Waals surface area contributed by atoms with Gasteiger partial charge < -0.3 is 9.53 Å². The lowest BCUT2D eigenvalue weighted by atomic mass is 9.88. The molecule has 1 aromatic rings. The van der Waals surface area contributed by atoms with Crippen molar-refractivity contribution >= 4 is 27.3 Å². The highest BCUT2D eigenvalue weighted by molar-refractivity contribution is 9.10. The van der Waals surface area contributed by atoms with E-state index in [4.69, 9.17) is 4.74 Å². The van der Waals surface area contributed by atoms with Crippen LogP contribution in [0.5, 0.6) is 5.75 Å². The Morgan fingerprint density at radius 3 is 2.80 bits per heavy atom. The van der Waals surface area contributed by atoms with E-state index in [2.05, 4.69) is 35.9 Å². The normalized spacial score (nSPS) is 16.8. The van der Waals surface area contributed by atoms with E-state index in [9.17, 15) is 9.18 Å². The largest absolute Gasteiger partial charge is 0.492 e. The van der Waals surface area contributed by atoms with Crippen LogP contribution in [-0.4, -0.2) is 12.4 Å². The molecule has 2 rings (SSSR count). The van der Waals surface area contributed by atoms with Gasteiger partial charge in [0, 0.05) is 17.4 Å². The highest BCUT2D eigenvalue weighted by atomic mass is 79.9. The molecule has 1 aliphatic heterocycles. The van der Waals surface area contributed by atoms with Gasteiger partial charge in [0.25, 0.3) is 0 Å². The minimum absolute atomic E-state index is 0.132. The van der Waals surface area contributed by atoms with Gasteiger partial charge in [0.05, 0.1) is 11.1 Å². The molecule has 1 aromatic carbocycles. The fourth-order valence-electron chi connectivity index (χ4n) is 2.27. The first-order valence-corrected chi connectivity index (χ1v) is 7.41. The Labute approximate surface area is 127 Å². The van der Waals surface area contributed by atoms with Crippen LogP contribution in [0.1, 0.15) is 39.2 Å². The van der Waals surface area contributed by atoms with Crippen LogP contribution < -0.4 is 4.74 Å². The van der Waals surface area contributed by atoms with Crippen LogP contribution in [0.3, 0.4) is 0 Å². The minimum atomic E-state index is -0.319. The van der Waals surface area contributed by atoms with Gasteiger partial charge in [-0.2, -0.15) is 0 Å². The molecule has 0 aromatic heterocycles. The number of ether oxygens (including phenoxy) is 1. The van der Waals surface area contributed by atoms with Crippen LogP contribution in [-0.2, 0) is 4.79 Å². The molecule has 1 heterocycles. The predicted octanol–water partition coefficient (Wildman–Crippen LogP) is 4.76. The van der Waals surface area contributed by atoms with Crippen molar-refractivity contribution in [2.45, 2.75) is 33.6 Å². The monoisotopic (exact) mass is 340 g/mol. The minimum Gasteiger partial charge on any atom is -0.492 e. The van der Waals surface area contributed by atoms with Crippen LogP contribution in [0.25, 0.3) is 5.57 Å². The Hall–Kier alpha value is -1.16. The molecule has 2 nitrogen and oxygen atoms in total. The summed E-state index contributed by atoms with van der Waals surface area (Å²) in [5.41, 5.74) is 1.58. The first-order valence-electron chi connectivity index (χ1n) is 6.62. The Kier molecular flexibility index (Phi) is 4.33. The Morgan fingerprint density at radius 1 is 1.45 bits per heavy atom. The van der Waals surface area contributed by atoms with Gasteiger partial charge in [0.15, 0.2) is 0 Å². The second-order valence-electron chi connectivity index (χ2n) is 5.91. The molecule has 0 N–H and O–H groups in total. The second kappa shape index (κ2) is 5.68. The average molecular weight is 341 g/mol. The van der Waals surface area contributed by atoms with Crippen molar-refractivity contribution < 1.29 is 13.9 Å². The lowest BCUT2D eigenvalue weighted by Gasteiger charge is -2.18. The third-order valence-corrected chi connectivity index (χ3v) is 3.89. The molecule has 0 atom stereocenters. The van der Waals surface area contributed by atoms with E-state index in [1.165, 1.54) is 6.07 Å². The molecule has 108 valence electrons. The molecule has 0 saturated heterocycles. The summed E-state index contributed by atoms with van der Waals surface area (Å²) in [6, 6.07) is 3.14. The topological polar surface area (TPSA) is 26.3 Å². The van der Waals surface area contributed by atoms with Gasteiger partial charge >= 0.3 is 0 Å². The number of fused-ring (bicyclic) bond motifs is 1. The smallest absolute Gasteiger partial charge is 0.138 e. The number of ketones is 1. The molecule has 0 saturated carbocycles. The fraction of sp³-hybridized carbons (Fsp3) is 0.438. The summed E-state index contributed by atoms with van der Waals surface area (Å²) in [6.07, 6.45) is 3.16. The standard InChI is InChI=1S/C16H18BrFO2/c1-10(19)4-5-11-8-16(2,3)9-20-15-7-13(17)14(18)6-12(11)15/h6-8H,4-5,9H2,1-3H3. The Bertz CT molecular complexity index is 576. The molecule has 4 heteroatoms. The third-order valence-electron chi connectivity index (χ3n) is 3.28. The molecule has 20 heavy (non-hydrogen) atoms. The van der Waals surface area contributed by atoms with Crippen molar-refractivity contribution in [2.75, 3.05) is 6.61 Å². The fourth-order valence-corrected chi connectivity index (χ4v) is 2.59. The molecule has 0 unspecified atom stereocenters. The summed E-state index contributed by atoms with van der Waals surface area (Å²) in [4.78, 5) is 11.2. The van der Waals surface area contributed by atoms with Gasteiger partial charge in [-0.25, -0.2) is 4.39 Å². The number of benzene rings is 1. The summed E-state index contributed by atoms with van der Waals surface area (Å²) in [5.74, 6) is 0.479. The number of hydrogen-bond acceptors (Lipinski definition) is 2. The maximum Gasteiger partial charge on any atom is 0.138 e. The number of carbonyl (C=O) groups excluding carboxylic acids is 1. The lowest BCUT2D eigenvalue weighted by Crippen LogP contribution is -2.17. The van der Waals surface area contributed by atoms with E-state index in [0.717, 1.165) is 11.1 Å². The van der Waals surface area contributed by atoms with Crippen molar-refractivity contribution in [3.63, 3.8) is 0 Å². The molecular formula is C16H18BrFO2. The van der Waals surface area contributed by atoms with Crippen molar-refractivity contribution in [3.8, 4) is 5.75 Å². The first kappa shape index (κ1) is 15.2. The quantitative estimate of drug-likeness (QED) is 0.792. The van der Waals surface area contributed by atoms with Gasteiger partial charge in [0.2, 0.25) is 0 Å². The van der Waals surface area contributed by atoms with Crippen LogP contribution in [0, 0.1) is 11.2 Å². The Balaban J connectivity index is 2.47. The van der Waals surface area contributed by atoms with Crippen LogP contribution in [0.4, 0.5) is 4.39 Å². The highest BCUT2D eigenvalue weighted by Crippen LogP contribution is 2.39. The summed E-state index contributed by atoms with van der Waals surface area (Å²) in [5, 5.41) is 0. The summed E-state index contributed by atoms with van der Waals surface area (Å²) in [6.45, 7) is 6.24. The maximum absolute atomic E-state index is 13.8. The van der Waals surface area contributed by atoms with Gasteiger partial charge in [-0.1, -0.05) is 19.9 Å². The van der Waals surface area contributed by atoms with Crippen LogP contribution >= 0.6 is 15.9 Å². The zero-order valence-corrected chi connectivity index (χ0v) is 13.5. The van der Waals surface area contributed by atoms with Crippen LogP contribution in [0.15, 0.2) is 22.7 Å². The summed E-state index contributed by atoms with van der Waals surface area (Å²) in [7, 11) is 0. The number of Topliss-reactive ketones (excluding diaryl/α,β-unsaturated/α-hetero) is 1. The zero-order valence-electron chi connectivity index (χ0n) is 11.9. The first-order chi connectivity index (χ1) is 9.28. The van der Waals surface area contributed by atoms with Gasteiger partial charge in [-0.3, -0.25) is 0 Å². The van der Waals surface area contributed by atoms with E-state index in [0.29, 0.717) is 29.7 Å². The number of halogens is 2. The van der Waals surface area contributed by atoms with Crippen molar-refractivity contribution in [1.29, 1.82) is 0 Å². The second-order valence-corrected chi connectivity index (χ2v) is 6.77. The number of carbonyl (C=O) groups is 1. The van der Waals surface area contributed by atoms with E-state index >= 15 is 0 Å². The average Bonchev–Trinajstić information content (AvgIpc) is 2.46. The summed E-state index contributed by atoms with van der Waals surface area (Å²) < 4.78 is 20.0. The van der Waals surface area contributed by atoms with Gasteiger partial charge in [-0.15, -0.1) is 0 Å². The lowest BCUT2D eigenvalue weighted by molar-refractivity contribution is -0.116. The third kappa shape index (κ3) is 3.48. The van der Waals surface area contributed by atoms with Crippen molar-refractivity contribution in [1.82, 2.24) is 0 Å². The zero-order chi connectivity index (χ0) is 14.9. The van der Waals surface area contributed by atoms with Gasteiger partial charge in [0.1, 0.15) is 17.3 Å². The molecule has 0 radical (unpaired) electrons. The number of hydrogen-bond donors (Lipinski definition) is 0. The molecule has 1 aliphatic rings. The molecule has 0 spiro atoms. The van der Waals surface area contributed by atoms with Crippen LogP contribution in [0.2, 0.25) is 0 Å². The Morgan fingerprint density at radius 2 is 2.15 bits per heavy atom. The van der Waals surface area contributed by atoms with E-state index in [1.807, 2.05) is 0 Å². The molecule has 0 amide bonds. The maximum atomic E-state index is 13.8. The molecular weight excluding hydrogens is 323 g/mol. The molecule has 0 aliphatic carbocycles. The SMILES string of the molecule is CC(=O)CCC1=CC(C)(C)COc2cc(Br)c(F)cc21. The van der Waals surface area contributed by atoms with E-state index < -0.39 is 0 Å². The predicted molar refractivity (Wildman–Crippen MR) is 81.3 cm³/mol.